The van der Waals surface area contributed by atoms with Crippen molar-refractivity contribution in [1.29, 1.82) is 0 Å². The second-order valence-corrected chi connectivity index (χ2v) is 10.5. The number of nitrogens with zero attached hydrogens (tertiary/aromatic N) is 2. The maximum Gasteiger partial charge on any atom is 0.242 e. The first-order valence-corrected chi connectivity index (χ1v) is 13.2. The third kappa shape index (κ3) is 8.24. The Kier molecular flexibility index (Phi) is 10.1. The zero-order valence-corrected chi connectivity index (χ0v) is 21.6. The first-order valence-electron chi connectivity index (χ1n) is 11.4. The van der Waals surface area contributed by atoms with Crippen LogP contribution in [0.25, 0.3) is 0 Å². The van der Waals surface area contributed by atoms with E-state index in [0.29, 0.717) is 17.0 Å². The van der Waals surface area contributed by atoms with Crippen molar-refractivity contribution in [2.45, 2.75) is 52.2 Å². The van der Waals surface area contributed by atoms with Crippen LogP contribution in [0.2, 0.25) is 0 Å². The number of methoxy groups -OCH3 is 1. The van der Waals surface area contributed by atoms with Crippen LogP contribution < -0.4 is 14.4 Å². The highest BCUT2D eigenvalue weighted by Gasteiger charge is 2.27. The van der Waals surface area contributed by atoms with Crippen molar-refractivity contribution >= 4 is 27.5 Å². The van der Waals surface area contributed by atoms with E-state index in [2.05, 4.69) is 5.32 Å². The Labute approximate surface area is 207 Å². The van der Waals surface area contributed by atoms with Gasteiger partial charge in [-0.2, -0.15) is 0 Å². The van der Waals surface area contributed by atoms with Gasteiger partial charge in [-0.25, -0.2) is 12.8 Å². The van der Waals surface area contributed by atoms with Crippen molar-refractivity contribution in [2.24, 2.45) is 0 Å². The van der Waals surface area contributed by atoms with Crippen LogP contribution in [-0.4, -0.2) is 57.1 Å². The van der Waals surface area contributed by atoms with Crippen LogP contribution >= 0.6 is 0 Å². The summed E-state index contributed by atoms with van der Waals surface area (Å²) in [4.78, 5) is 27.3. The minimum Gasteiger partial charge on any atom is -0.495 e. The van der Waals surface area contributed by atoms with Crippen LogP contribution in [0.1, 0.15) is 39.2 Å². The topological polar surface area (TPSA) is 96.0 Å². The third-order valence-electron chi connectivity index (χ3n) is 5.37. The minimum absolute atomic E-state index is 0.0155. The van der Waals surface area contributed by atoms with Crippen LogP contribution in [0.5, 0.6) is 5.75 Å². The Morgan fingerprint density at radius 2 is 1.69 bits per heavy atom. The summed E-state index contributed by atoms with van der Waals surface area (Å²) in [6.07, 6.45) is 1.34. The number of carbonyl (C=O) groups excluding carboxylic acids is 2. The summed E-state index contributed by atoms with van der Waals surface area (Å²) < 4.78 is 44.8. The number of sulfonamides is 1. The molecule has 2 aromatic rings. The summed E-state index contributed by atoms with van der Waals surface area (Å²) in [6.45, 7) is 5.47. The molecule has 0 aliphatic heterocycles. The smallest absolute Gasteiger partial charge is 0.242 e. The fourth-order valence-corrected chi connectivity index (χ4v) is 4.56. The Bertz CT molecular complexity index is 1110. The van der Waals surface area contributed by atoms with E-state index in [1.807, 2.05) is 13.8 Å². The molecule has 0 unspecified atom stereocenters. The largest absolute Gasteiger partial charge is 0.495 e. The summed E-state index contributed by atoms with van der Waals surface area (Å²) in [5, 5.41) is 2.81. The fourth-order valence-electron chi connectivity index (χ4n) is 3.59. The van der Waals surface area contributed by atoms with Crippen molar-refractivity contribution in [3.8, 4) is 5.75 Å². The monoisotopic (exact) mass is 507 g/mol. The molecule has 10 heteroatoms. The summed E-state index contributed by atoms with van der Waals surface area (Å²) in [5.74, 6) is -0.605. The van der Waals surface area contributed by atoms with Crippen LogP contribution in [-0.2, 0) is 26.2 Å². The van der Waals surface area contributed by atoms with E-state index in [-0.39, 0.29) is 43.8 Å². The lowest BCUT2D eigenvalue weighted by Gasteiger charge is -2.30. The van der Waals surface area contributed by atoms with E-state index in [1.54, 1.807) is 43.3 Å². The van der Waals surface area contributed by atoms with Crippen LogP contribution in [0.15, 0.2) is 48.5 Å². The Morgan fingerprint density at radius 1 is 1.06 bits per heavy atom. The van der Waals surface area contributed by atoms with Gasteiger partial charge >= 0.3 is 0 Å². The normalized spacial score (nSPS) is 12.2. The second kappa shape index (κ2) is 12.5. The molecule has 8 nitrogen and oxygen atoms in total. The summed E-state index contributed by atoms with van der Waals surface area (Å²) in [6, 6.07) is 11.6. The van der Waals surface area contributed by atoms with Gasteiger partial charge in [-0.15, -0.1) is 0 Å². The van der Waals surface area contributed by atoms with Gasteiger partial charge in [0, 0.05) is 25.6 Å². The third-order valence-corrected chi connectivity index (χ3v) is 6.55. The molecule has 192 valence electrons. The number of hydrogen-bond donors (Lipinski definition) is 1. The standard InChI is InChI=1S/C25H34FN3O5S/c1-18(2)27-25(31)19(3)28(17-20-12-14-21(26)15-13-20)24(30)11-8-16-29(35(5,32)33)22-9-6-7-10-23(22)34-4/h6-7,9-10,12-15,18-19H,8,11,16-17H2,1-5H3,(H,27,31)/t19-/m0/s1. The molecule has 0 fully saturated rings. The SMILES string of the molecule is COc1ccccc1N(CCCC(=O)N(Cc1ccc(F)cc1)[C@@H](C)C(=O)NC(C)C)S(C)(=O)=O. The average molecular weight is 508 g/mol. The van der Waals surface area contributed by atoms with E-state index in [0.717, 1.165) is 6.26 Å². The number of ether oxygens (including phenoxy) is 1. The van der Waals surface area contributed by atoms with E-state index in [9.17, 15) is 22.4 Å². The average Bonchev–Trinajstić information content (AvgIpc) is 2.79. The maximum atomic E-state index is 13.3. The van der Waals surface area contributed by atoms with E-state index in [1.165, 1.54) is 28.4 Å². The molecule has 35 heavy (non-hydrogen) atoms. The molecule has 0 aliphatic rings. The molecule has 0 saturated carbocycles. The maximum absolute atomic E-state index is 13.3. The molecule has 2 aromatic carbocycles. The van der Waals surface area contributed by atoms with Gasteiger partial charge in [0.15, 0.2) is 0 Å². The predicted molar refractivity (Wildman–Crippen MR) is 134 cm³/mol. The highest BCUT2D eigenvalue weighted by molar-refractivity contribution is 7.92. The van der Waals surface area contributed by atoms with Crippen LogP contribution in [0.3, 0.4) is 0 Å². The number of rotatable bonds is 12. The molecule has 1 atom stereocenters. The number of carbonyl (C=O) groups is 2. The number of nitrogens with one attached hydrogen (secondary N) is 1. The number of amides is 2. The van der Waals surface area contributed by atoms with E-state index >= 15 is 0 Å². The van der Waals surface area contributed by atoms with Crippen molar-refractivity contribution < 1.29 is 27.1 Å². The summed E-state index contributed by atoms with van der Waals surface area (Å²) >= 11 is 0. The molecule has 0 aliphatic carbocycles. The first-order chi connectivity index (χ1) is 16.4. The quantitative estimate of drug-likeness (QED) is 0.476. The number of anilines is 1. The van der Waals surface area contributed by atoms with Gasteiger partial charge in [-0.3, -0.25) is 13.9 Å². The second-order valence-electron chi connectivity index (χ2n) is 8.60. The molecular formula is C25H34FN3O5S. The zero-order chi connectivity index (χ0) is 26.2. The number of hydrogen-bond acceptors (Lipinski definition) is 5. The number of para-hydroxylation sites is 2. The van der Waals surface area contributed by atoms with Gasteiger partial charge in [0.1, 0.15) is 17.6 Å². The molecule has 0 saturated heterocycles. The van der Waals surface area contributed by atoms with Crippen molar-refractivity contribution in [2.75, 3.05) is 24.2 Å². The van der Waals surface area contributed by atoms with Gasteiger partial charge in [0.2, 0.25) is 21.8 Å². The first kappa shape index (κ1) is 28.1. The van der Waals surface area contributed by atoms with Gasteiger partial charge < -0.3 is 15.0 Å². The molecule has 1 N–H and O–H groups in total. The predicted octanol–water partition coefficient (Wildman–Crippen LogP) is 3.32. The fraction of sp³-hybridized carbons (Fsp3) is 0.440. The van der Waals surface area contributed by atoms with Gasteiger partial charge in [-0.05, 0) is 57.0 Å². The number of benzene rings is 2. The highest BCUT2D eigenvalue weighted by Crippen LogP contribution is 2.29. The minimum atomic E-state index is -3.64. The zero-order valence-electron chi connectivity index (χ0n) is 20.8. The van der Waals surface area contributed by atoms with Gasteiger partial charge in [0.25, 0.3) is 0 Å². The molecule has 0 aromatic heterocycles. The Hall–Kier alpha value is -3.14. The van der Waals surface area contributed by atoms with Crippen LogP contribution in [0.4, 0.5) is 10.1 Å². The lowest BCUT2D eigenvalue weighted by Crippen LogP contribution is -2.49. The summed E-state index contributed by atoms with van der Waals surface area (Å²) in [5.41, 5.74) is 1.06. The Morgan fingerprint density at radius 3 is 2.26 bits per heavy atom. The molecule has 0 spiro atoms. The lowest BCUT2D eigenvalue weighted by atomic mass is 10.1. The van der Waals surface area contributed by atoms with E-state index < -0.39 is 21.9 Å². The molecule has 2 rings (SSSR count). The molecule has 0 bridgehead atoms. The highest BCUT2D eigenvalue weighted by atomic mass is 32.2. The van der Waals surface area contributed by atoms with Crippen molar-refractivity contribution in [1.82, 2.24) is 10.2 Å². The van der Waals surface area contributed by atoms with Crippen molar-refractivity contribution in [3.63, 3.8) is 0 Å². The lowest BCUT2D eigenvalue weighted by molar-refractivity contribution is -0.140. The van der Waals surface area contributed by atoms with E-state index in [4.69, 9.17) is 4.74 Å². The van der Waals surface area contributed by atoms with Gasteiger partial charge in [-0.1, -0.05) is 24.3 Å². The van der Waals surface area contributed by atoms with Gasteiger partial charge in [0.05, 0.1) is 19.1 Å². The Balaban J connectivity index is 2.19. The summed E-state index contributed by atoms with van der Waals surface area (Å²) in [7, 11) is -2.18. The molecular weight excluding hydrogens is 473 g/mol. The molecule has 2 amide bonds. The van der Waals surface area contributed by atoms with Crippen LogP contribution in [0, 0.1) is 5.82 Å². The van der Waals surface area contributed by atoms with Crippen molar-refractivity contribution in [3.05, 3.63) is 59.9 Å². The molecule has 0 heterocycles. The molecule has 0 radical (unpaired) electrons. The number of halogens is 1.